The van der Waals surface area contributed by atoms with Crippen molar-refractivity contribution in [2.75, 3.05) is 12.8 Å². The van der Waals surface area contributed by atoms with Gasteiger partial charge in [-0.15, -0.1) is 0 Å². The largest absolute Gasteiger partial charge is 0.488 e. The summed E-state index contributed by atoms with van der Waals surface area (Å²) >= 11 is 5.70. The third kappa shape index (κ3) is 3.44. The molecule has 2 aromatic carbocycles. The van der Waals surface area contributed by atoms with Gasteiger partial charge in [0.25, 0.3) is 0 Å². The highest BCUT2D eigenvalue weighted by Gasteiger charge is 2.15. The summed E-state index contributed by atoms with van der Waals surface area (Å²) in [5.41, 5.74) is 6.50. The summed E-state index contributed by atoms with van der Waals surface area (Å²) in [5, 5.41) is 0.0154. The van der Waals surface area contributed by atoms with Crippen molar-refractivity contribution in [1.29, 1.82) is 0 Å². The van der Waals surface area contributed by atoms with Crippen LogP contribution in [0.1, 0.15) is 15.9 Å². The molecule has 0 amide bonds. The quantitative estimate of drug-likeness (QED) is 0.694. The molecule has 0 radical (unpaired) electrons. The Morgan fingerprint density at radius 2 is 2.10 bits per heavy atom. The van der Waals surface area contributed by atoms with Crippen molar-refractivity contribution in [3.63, 3.8) is 0 Å². The molecule has 110 valence electrons. The molecule has 0 unspecified atom stereocenters. The SMILES string of the molecule is COC(=O)c1cc(N)ccc1OCc1cccc(Cl)c1F. The molecule has 2 aromatic rings. The maximum atomic E-state index is 13.8. The van der Waals surface area contributed by atoms with Crippen molar-refractivity contribution in [2.24, 2.45) is 0 Å². The number of benzene rings is 2. The maximum absolute atomic E-state index is 13.8. The van der Waals surface area contributed by atoms with E-state index in [4.69, 9.17) is 22.1 Å². The zero-order valence-electron chi connectivity index (χ0n) is 11.2. The van der Waals surface area contributed by atoms with E-state index >= 15 is 0 Å². The van der Waals surface area contributed by atoms with E-state index in [1.54, 1.807) is 18.2 Å². The van der Waals surface area contributed by atoms with Crippen molar-refractivity contribution in [2.45, 2.75) is 6.61 Å². The van der Waals surface area contributed by atoms with Crippen LogP contribution in [-0.4, -0.2) is 13.1 Å². The lowest BCUT2D eigenvalue weighted by atomic mass is 10.1. The molecule has 2 rings (SSSR count). The second kappa shape index (κ2) is 6.45. The number of hydrogen-bond donors (Lipinski definition) is 1. The van der Waals surface area contributed by atoms with Gasteiger partial charge in [0.05, 0.1) is 12.1 Å². The number of rotatable bonds is 4. The van der Waals surface area contributed by atoms with Gasteiger partial charge in [0.2, 0.25) is 0 Å². The molecular weight excluding hydrogens is 297 g/mol. The molecule has 0 fully saturated rings. The molecule has 0 atom stereocenters. The Balaban J connectivity index is 2.24. The molecule has 0 aliphatic rings. The average Bonchev–Trinajstić information content (AvgIpc) is 2.49. The van der Waals surface area contributed by atoms with Gasteiger partial charge in [-0.3, -0.25) is 0 Å². The van der Waals surface area contributed by atoms with Gasteiger partial charge in [0, 0.05) is 11.3 Å². The second-order valence-electron chi connectivity index (χ2n) is 4.25. The van der Waals surface area contributed by atoms with E-state index in [2.05, 4.69) is 4.74 Å². The lowest BCUT2D eigenvalue weighted by Gasteiger charge is -2.11. The van der Waals surface area contributed by atoms with Crippen LogP contribution in [0.4, 0.5) is 10.1 Å². The third-order valence-electron chi connectivity index (χ3n) is 2.82. The van der Waals surface area contributed by atoms with Crippen LogP contribution in [0, 0.1) is 5.82 Å². The van der Waals surface area contributed by atoms with Gasteiger partial charge < -0.3 is 15.2 Å². The first kappa shape index (κ1) is 15.1. The smallest absolute Gasteiger partial charge is 0.341 e. The fourth-order valence-corrected chi connectivity index (χ4v) is 1.95. The van der Waals surface area contributed by atoms with E-state index in [1.165, 1.54) is 25.3 Å². The Morgan fingerprint density at radius 1 is 1.33 bits per heavy atom. The van der Waals surface area contributed by atoms with E-state index in [9.17, 15) is 9.18 Å². The van der Waals surface area contributed by atoms with Crippen LogP contribution in [0.2, 0.25) is 5.02 Å². The van der Waals surface area contributed by atoms with Crippen LogP contribution in [0.5, 0.6) is 5.75 Å². The monoisotopic (exact) mass is 309 g/mol. The molecule has 0 aliphatic heterocycles. The topological polar surface area (TPSA) is 61.5 Å². The summed E-state index contributed by atoms with van der Waals surface area (Å²) in [7, 11) is 1.26. The minimum Gasteiger partial charge on any atom is -0.488 e. The highest BCUT2D eigenvalue weighted by molar-refractivity contribution is 6.30. The zero-order chi connectivity index (χ0) is 15.4. The summed E-state index contributed by atoms with van der Waals surface area (Å²) in [6.07, 6.45) is 0. The highest BCUT2D eigenvalue weighted by atomic mass is 35.5. The number of esters is 1. The molecule has 6 heteroatoms. The third-order valence-corrected chi connectivity index (χ3v) is 3.12. The van der Waals surface area contributed by atoms with Crippen LogP contribution in [0.3, 0.4) is 0 Å². The molecule has 0 heterocycles. The molecule has 0 saturated carbocycles. The van der Waals surface area contributed by atoms with Crippen molar-refractivity contribution in [3.05, 3.63) is 58.4 Å². The molecule has 0 aliphatic carbocycles. The molecule has 0 bridgehead atoms. The molecule has 2 N–H and O–H groups in total. The number of hydrogen-bond acceptors (Lipinski definition) is 4. The van der Waals surface area contributed by atoms with E-state index in [0.717, 1.165) is 0 Å². The number of methoxy groups -OCH3 is 1. The summed E-state index contributed by atoms with van der Waals surface area (Å²) in [5.74, 6) is -0.867. The summed E-state index contributed by atoms with van der Waals surface area (Å²) < 4.78 is 23.9. The molecule has 21 heavy (non-hydrogen) atoms. The fourth-order valence-electron chi connectivity index (χ4n) is 1.76. The van der Waals surface area contributed by atoms with Crippen molar-refractivity contribution >= 4 is 23.3 Å². The Hall–Kier alpha value is -2.27. The second-order valence-corrected chi connectivity index (χ2v) is 4.66. The molecule has 0 saturated heterocycles. The van der Waals surface area contributed by atoms with Crippen LogP contribution >= 0.6 is 11.6 Å². The van der Waals surface area contributed by atoms with Gasteiger partial charge in [0.1, 0.15) is 23.7 Å². The van der Waals surface area contributed by atoms with Crippen LogP contribution in [0.25, 0.3) is 0 Å². The predicted octanol–water partition coefficient (Wildman–Crippen LogP) is 3.43. The standard InChI is InChI=1S/C15H13ClFNO3/c1-20-15(19)11-7-10(18)5-6-13(11)21-8-9-3-2-4-12(16)14(9)17/h2-7H,8,18H2,1H3. The fraction of sp³-hybridized carbons (Fsp3) is 0.133. The molecule has 4 nitrogen and oxygen atoms in total. The van der Waals surface area contributed by atoms with Crippen LogP contribution in [-0.2, 0) is 11.3 Å². The first-order valence-corrected chi connectivity index (χ1v) is 6.44. The van der Waals surface area contributed by atoms with Gasteiger partial charge in [-0.2, -0.15) is 0 Å². The average molecular weight is 310 g/mol. The number of carbonyl (C=O) groups excluding carboxylic acids is 1. The molecule has 0 aromatic heterocycles. The Bertz CT molecular complexity index is 676. The van der Waals surface area contributed by atoms with E-state index in [1.807, 2.05) is 0 Å². The normalized spacial score (nSPS) is 10.2. The number of nitrogen functional groups attached to an aromatic ring is 1. The van der Waals surface area contributed by atoms with Gasteiger partial charge in [-0.25, -0.2) is 9.18 Å². The lowest BCUT2D eigenvalue weighted by molar-refractivity contribution is 0.0595. The Labute approximate surface area is 126 Å². The minimum atomic E-state index is -0.580. The van der Waals surface area contributed by atoms with Gasteiger partial charge in [0.15, 0.2) is 0 Å². The number of carbonyl (C=O) groups is 1. The Kier molecular flexibility index (Phi) is 4.65. The predicted molar refractivity (Wildman–Crippen MR) is 77.9 cm³/mol. The highest BCUT2D eigenvalue weighted by Crippen LogP contribution is 2.25. The summed E-state index contributed by atoms with van der Waals surface area (Å²) in [4.78, 5) is 11.7. The number of ether oxygens (including phenoxy) is 2. The zero-order valence-corrected chi connectivity index (χ0v) is 12.0. The molecular formula is C15H13ClFNO3. The van der Waals surface area contributed by atoms with Crippen molar-refractivity contribution in [1.82, 2.24) is 0 Å². The van der Waals surface area contributed by atoms with Gasteiger partial charge in [-0.1, -0.05) is 23.7 Å². The number of anilines is 1. The van der Waals surface area contributed by atoms with Crippen molar-refractivity contribution in [3.8, 4) is 5.75 Å². The number of halogens is 2. The summed E-state index contributed by atoms with van der Waals surface area (Å²) in [6.45, 7) is -0.0691. The lowest BCUT2D eigenvalue weighted by Crippen LogP contribution is -2.07. The minimum absolute atomic E-state index is 0.0154. The van der Waals surface area contributed by atoms with E-state index in [0.29, 0.717) is 5.69 Å². The maximum Gasteiger partial charge on any atom is 0.341 e. The molecule has 0 spiro atoms. The Morgan fingerprint density at radius 3 is 2.81 bits per heavy atom. The van der Waals surface area contributed by atoms with Crippen LogP contribution in [0.15, 0.2) is 36.4 Å². The first-order chi connectivity index (χ1) is 10.0. The van der Waals surface area contributed by atoms with E-state index < -0.39 is 11.8 Å². The van der Waals surface area contributed by atoms with Gasteiger partial charge in [-0.05, 0) is 24.3 Å². The van der Waals surface area contributed by atoms with Crippen LogP contribution < -0.4 is 10.5 Å². The van der Waals surface area contributed by atoms with E-state index in [-0.39, 0.29) is 28.5 Å². The summed E-state index contributed by atoms with van der Waals surface area (Å²) in [6, 6.07) is 9.17. The number of nitrogens with two attached hydrogens (primary N) is 1. The van der Waals surface area contributed by atoms with Crippen molar-refractivity contribution < 1.29 is 18.7 Å². The van der Waals surface area contributed by atoms with Gasteiger partial charge >= 0.3 is 5.97 Å². The first-order valence-electron chi connectivity index (χ1n) is 6.06.